The zero-order chi connectivity index (χ0) is 22.6. The maximum absolute atomic E-state index is 12.7. The quantitative estimate of drug-likeness (QED) is 0.200. The molecule has 0 aliphatic heterocycles. The predicted molar refractivity (Wildman–Crippen MR) is 118 cm³/mol. The third-order valence-corrected chi connectivity index (χ3v) is 5.00. The first-order valence-electron chi connectivity index (χ1n) is 10.1. The molecule has 0 radical (unpaired) electrons. The molecule has 0 aromatic heterocycles. The van der Waals surface area contributed by atoms with Gasteiger partial charge in [-0.15, -0.1) is 0 Å². The fourth-order valence-corrected chi connectivity index (χ4v) is 3.35. The van der Waals surface area contributed by atoms with Crippen molar-refractivity contribution in [3.05, 3.63) is 70.2 Å². The van der Waals surface area contributed by atoms with Crippen LogP contribution in [0.5, 0.6) is 0 Å². The van der Waals surface area contributed by atoms with Crippen LogP contribution in [0.15, 0.2) is 48.5 Å². The second-order valence-corrected chi connectivity index (χ2v) is 7.70. The van der Waals surface area contributed by atoms with Gasteiger partial charge in [0.15, 0.2) is 0 Å². The molecule has 2 aromatic carbocycles. The number of rotatable bonds is 12. The van der Waals surface area contributed by atoms with Gasteiger partial charge in [-0.1, -0.05) is 41.4 Å². The third kappa shape index (κ3) is 8.67. The molecule has 0 bridgehead atoms. The normalized spacial score (nSPS) is 12.8. The Morgan fingerprint density at radius 3 is 2.52 bits per heavy atom. The largest absolute Gasteiger partial charge is 0.356 e. The highest BCUT2D eigenvalue weighted by atomic mass is 35.5. The Morgan fingerprint density at radius 1 is 1.13 bits per heavy atom. The van der Waals surface area contributed by atoms with Crippen LogP contribution in [0.2, 0.25) is 5.02 Å². The van der Waals surface area contributed by atoms with Gasteiger partial charge in [0.2, 0.25) is 5.91 Å². The van der Waals surface area contributed by atoms with Gasteiger partial charge in [-0.05, 0) is 56.5 Å². The Hall–Kier alpha value is -2.45. The summed E-state index contributed by atoms with van der Waals surface area (Å²) in [6.45, 7) is 4.54. The molecule has 31 heavy (non-hydrogen) atoms. The SMILES string of the molecule is CCOCOCC(CC(Cc1cccc(Cl)c1)C(=O)NO)NC(=O)c1ccc(C)cc1. The van der Waals surface area contributed by atoms with E-state index in [2.05, 4.69) is 5.32 Å². The van der Waals surface area contributed by atoms with E-state index in [4.69, 9.17) is 21.1 Å². The Bertz CT molecular complexity index is 844. The lowest BCUT2D eigenvalue weighted by atomic mass is 9.92. The van der Waals surface area contributed by atoms with Crippen LogP contribution in [0.3, 0.4) is 0 Å². The van der Waals surface area contributed by atoms with E-state index in [1.807, 2.05) is 32.0 Å². The molecule has 8 heteroatoms. The van der Waals surface area contributed by atoms with E-state index in [9.17, 15) is 14.8 Å². The minimum Gasteiger partial charge on any atom is -0.356 e. The van der Waals surface area contributed by atoms with Crippen LogP contribution in [0.1, 0.15) is 34.8 Å². The van der Waals surface area contributed by atoms with E-state index in [-0.39, 0.29) is 25.7 Å². The first kappa shape index (κ1) is 24.8. The van der Waals surface area contributed by atoms with Crippen molar-refractivity contribution in [2.45, 2.75) is 32.7 Å². The summed E-state index contributed by atoms with van der Waals surface area (Å²) in [4.78, 5) is 25.0. The summed E-state index contributed by atoms with van der Waals surface area (Å²) in [5, 5.41) is 12.7. The molecule has 0 spiro atoms. The van der Waals surface area contributed by atoms with E-state index >= 15 is 0 Å². The highest BCUT2D eigenvalue weighted by molar-refractivity contribution is 6.30. The standard InChI is InChI=1S/C23H29ClN2O5/c1-3-30-15-31-14-21(25-22(27)18-9-7-16(2)8-10-18)13-19(23(28)26-29)11-17-5-4-6-20(24)12-17/h4-10,12,19,21,29H,3,11,13-15H2,1-2H3,(H,25,27)(H,26,28). The molecule has 2 aromatic rings. The molecule has 0 aliphatic carbocycles. The average Bonchev–Trinajstić information content (AvgIpc) is 2.76. The number of amides is 2. The van der Waals surface area contributed by atoms with Gasteiger partial charge in [0.1, 0.15) is 6.79 Å². The number of benzene rings is 2. The molecule has 7 nitrogen and oxygen atoms in total. The summed E-state index contributed by atoms with van der Waals surface area (Å²) in [5.41, 5.74) is 4.13. The van der Waals surface area contributed by atoms with Crippen molar-refractivity contribution in [1.29, 1.82) is 0 Å². The van der Waals surface area contributed by atoms with E-state index in [1.54, 1.807) is 35.8 Å². The Balaban J connectivity index is 2.13. The van der Waals surface area contributed by atoms with Crippen LogP contribution in [-0.4, -0.2) is 43.1 Å². The fourth-order valence-electron chi connectivity index (χ4n) is 3.14. The average molecular weight is 449 g/mol. The van der Waals surface area contributed by atoms with Gasteiger partial charge in [-0.25, -0.2) is 5.48 Å². The highest BCUT2D eigenvalue weighted by Crippen LogP contribution is 2.19. The Morgan fingerprint density at radius 2 is 1.87 bits per heavy atom. The summed E-state index contributed by atoms with van der Waals surface area (Å²) >= 11 is 6.05. The van der Waals surface area contributed by atoms with E-state index < -0.39 is 17.9 Å². The number of hydrogen-bond donors (Lipinski definition) is 3. The van der Waals surface area contributed by atoms with Crippen LogP contribution in [0.4, 0.5) is 0 Å². The summed E-state index contributed by atoms with van der Waals surface area (Å²) in [7, 11) is 0. The van der Waals surface area contributed by atoms with Crippen LogP contribution >= 0.6 is 11.6 Å². The molecule has 168 valence electrons. The van der Waals surface area contributed by atoms with Gasteiger partial charge in [0, 0.05) is 23.1 Å². The Labute approximate surface area is 187 Å². The van der Waals surface area contributed by atoms with Gasteiger partial charge in [0.25, 0.3) is 5.91 Å². The van der Waals surface area contributed by atoms with Crippen molar-refractivity contribution in [2.75, 3.05) is 20.0 Å². The topological polar surface area (TPSA) is 96.9 Å². The molecule has 0 heterocycles. The first-order valence-corrected chi connectivity index (χ1v) is 10.5. The molecular formula is C23H29ClN2O5. The molecule has 2 unspecified atom stereocenters. The summed E-state index contributed by atoms with van der Waals surface area (Å²) < 4.78 is 10.7. The number of carbonyl (C=O) groups excluding carboxylic acids is 2. The second-order valence-electron chi connectivity index (χ2n) is 7.26. The highest BCUT2D eigenvalue weighted by Gasteiger charge is 2.25. The van der Waals surface area contributed by atoms with Gasteiger partial charge in [-0.2, -0.15) is 0 Å². The maximum Gasteiger partial charge on any atom is 0.251 e. The van der Waals surface area contributed by atoms with E-state index in [0.717, 1.165) is 11.1 Å². The molecule has 3 N–H and O–H groups in total. The third-order valence-electron chi connectivity index (χ3n) is 4.76. The molecule has 2 atom stereocenters. The van der Waals surface area contributed by atoms with Crippen molar-refractivity contribution in [3.8, 4) is 0 Å². The van der Waals surface area contributed by atoms with Crippen LogP contribution in [-0.2, 0) is 20.7 Å². The molecule has 0 fully saturated rings. The summed E-state index contributed by atoms with van der Waals surface area (Å²) in [6.07, 6.45) is 0.595. The number of aryl methyl sites for hydroxylation is 1. The number of ether oxygens (including phenoxy) is 2. The van der Waals surface area contributed by atoms with Crippen molar-refractivity contribution in [1.82, 2.24) is 10.8 Å². The molecular weight excluding hydrogens is 420 g/mol. The van der Waals surface area contributed by atoms with Gasteiger partial charge >= 0.3 is 0 Å². The van der Waals surface area contributed by atoms with Gasteiger partial charge in [-0.3, -0.25) is 14.8 Å². The molecule has 0 saturated heterocycles. The number of nitrogens with one attached hydrogen (secondary N) is 2. The van der Waals surface area contributed by atoms with Crippen LogP contribution in [0.25, 0.3) is 0 Å². The van der Waals surface area contributed by atoms with Gasteiger partial charge in [0.05, 0.1) is 12.6 Å². The zero-order valence-corrected chi connectivity index (χ0v) is 18.5. The summed E-state index contributed by atoms with van der Waals surface area (Å²) in [5.74, 6) is -1.42. The minimum atomic E-state index is -0.609. The summed E-state index contributed by atoms with van der Waals surface area (Å²) in [6, 6.07) is 13.9. The van der Waals surface area contributed by atoms with E-state index in [1.165, 1.54) is 0 Å². The molecule has 0 aliphatic rings. The number of halogens is 1. The van der Waals surface area contributed by atoms with E-state index in [0.29, 0.717) is 23.6 Å². The zero-order valence-electron chi connectivity index (χ0n) is 17.8. The fraction of sp³-hybridized carbons (Fsp3) is 0.391. The van der Waals surface area contributed by atoms with Gasteiger partial charge < -0.3 is 14.8 Å². The minimum absolute atomic E-state index is 0.0819. The number of hydrogen-bond acceptors (Lipinski definition) is 5. The van der Waals surface area contributed by atoms with Crippen molar-refractivity contribution in [2.24, 2.45) is 5.92 Å². The molecule has 2 amide bonds. The van der Waals surface area contributed by atoms with Crippen molar-refractivity contribution >= 4 is 23.4 Å². The molecule has 0 saturated carbocycles. The monoisotopic (exact) mass is 448 g/mol. The number of hydroxylamine groups is 1. The molecule has 2 rings (SSSR count). The predicted octanol–water partition coefficient (Wildman–Crippen LogP) is 3.51. The Kier molecular flexibility index (Phi) is 10.5. The number of carbonyl (C=O) groups is 2. The second kappa shape index (κ2) is 13.1. The first-order chi connectivity index (χ1) is 14.9. The van der Waals surface area contributed by atoms with Crippen LogP contribution in [0, 0.1) is 12.8 Å². The lowest BCUT2D eigenvalue weighted by molar-refractivity contribution is -0.134. The maximum atomic E-state index is 12.7. The van der Waals surface area contributed by atoms with Crippen LogP contribution < -0.4 is 10.8 Å². The smallest absolute Gasteiger partial charge is 0.251 e. The lowest BCUT2D eigenvalue weighted by Crippen LogP contribution is -2.42. The van der Waals surface area contributed by atoms with Crippen molar-refractivity contribution in [3.63, 3.8) is 0 Å². The van der Waals surface area contributed by atoms with Crippen molar-refractivity contribution < 1.29 is 24.3 Å². The lowest BCUT2D eigenvalue weighted by Gasteiger charge is -2.24.